The molecular weight excluding hydrogens is 422 g/mol. The lowest BCUT2D eigenvalue weighted by Crippen LogP contribution is -2.43. The summed E-state index contributed by atoms with van der Waals surface area (Å²) >= 11 is 0. The third-order valence-electron chi connectivity index (χ3n) is 5.53. The van der Waals surface area contributed by atoms with Gasteiger partial charge in [-0.15, -0.1) is 0 Å². The van der Waals surface area contributed by atoms with Crippen molar-refractivity contribution in [1.82, 2.24) is 15.0 Å². The van der Waals surface area contributed by atoms with E-state index in [1.165, 1.54) is 0 Å². The zero-order valence-electron chi connectivity index (χ0n) is 19.5. The summed E-state index contributed by atoms with van der Waals surface area (Å²) in [5.74, 6) is 1.19. The van der Waals surface area contributed by atoms with Crippen molar-refractivity contribution < 1.29 is 19.4 Å². The molecule has 2 aromatic heterocycles. The van der Waals surface area contributed by atoms with Crippen LogP contribution in [0.4, 0.5) is 11.8 Å². The van der Waals surface area contributed by atoms with E-state index in [0.29, 0.717) is 47.3 Å². The summed E-state index contributed by atoms with van der Waals surface area (Å²) in [4.78, 5) is 25.6. The molecule has 1 atom stereocenters. The first-order valence-corrected chi connectivity index (χ1v) is 11.0. The summed E-state index contributed by atoms with van der Waals surface area (Å²) in [6.45, 7) is 4.17. The maximum Gasteiger partial charge on any atom is 0.329 e. The second-order valence-electron chi connectivity index (χ2n) is 8.02. The lowest BCUT2D eigenvalue weighted by molar-refractivity contribution is -0.142. The molecule has 0 saturated heterocycles. The average Bonchev–Trinajstić information content (AvgIpc) is 2.82. The number of benzene rings is 1. The molecule has 9 nitrogen and oxygen atoms in total. The predicted molar refractivity (Wildman–Crippen MR) is 128 cm³/mol. The molecule has 0 spiro atoms. The number of nitrogens with one attached hydrogen (secondary N) is 2. The van der Waals surface area contributed by atoms with Crippen LogP contribution in [0.15, 0.2) is 36.5 Å². The molecular formula is C24H31N5O4. The summed E-state index contributed by atoms with van der Waals surface area (Å²) in [5.41, 5.74) is 0.857. The zero-order chi connectivity index (χ0) is 23.8. The third kappa shape index (κ3) is 5.79. The van der Waals surface area contributed by atoms with E-state index >= 15 is 0 Å². The highest BCUT2D eigenvalue weighted by Gasteiger charge is 2.33. The molecule has 1 unspecified atom stereocenters. The summed E-state index contributed by atoms with van der Waals surface area (Å²) in [6.07, 6.45) is 4.88. The Hall–Kier alpha value is -3.62. The Balaban J connectivity index is 1.90. The van der Waals surface area contributed by atoms with Crippen molar-refractivity contribution in [3.63, 3.8) is 0 Å². The van der Waals surface area contributed by atoms with Gasteiger partial charge in [-0.1, -0.05) is 26.2 Å². The number of hydrogen-bond donors (Lipinski definition) is 3. The van der Waals surface area contributed by atoms with E-state index in [1.54, 1.807) is 33.4 Å². The monoisotopic (exact) mass is 453 g/mol. The van der Waals surface area contributed by atoms with E-state index in [2.05, 4.69) is 32.5 Å². The number of unbranched alkanes of at least 4 members (excludes halogenated alkanes) is 2. The van der Waals surface area contributed by atoms with Crippen molar-refractivity contribution in [2.45, 2.75) is 51.6 Å². The Morgan fingerprint density at radius 2 is 1.97 bits per heavy atom. The first-order valence-electron chi connectivity index (χ1n) is 11.0. The highest BCUT2D eigenvalue weighted by Crippen LogP contribution is 2.28. The number of fused-ring (bicyclic) bond motifs is 1. The molecule has 3 N–H and O–H groups in total. The number of carboxylic acids is 1. The van der Waals surface area contributed by atoms with Gasteiger partial charge in [-0.25, -0.2) is 9.78 Å². The largest absolute Gasteiger partial charge is 0.497 e. The van der Waals surface area contributed by atoms with E-state index in [0.717, 1.165) is 24.8 Å². The highest BCUT2D eigenvalue weighted by molar-refractivity contribution is 5.90. The molecule has 0 fully saturated rings. The van der Waals surface area contributed by atoms with E-state index in [4.69, 9.17) is 9.47 Å². The number of ether oxygens (including phenoxy) is 2. The number of carboxylic acid groups (broad SMARTS) is 1. The van der Waals surface area contributed by atoms with Gasteiger partial charge in [0.2, 0.25) is 5.95 Å². The highest BCUT2D eigenvalue weighted by atomic mass is 16.5. The van der Waals surface area contributed by atoms with Crippen molar-refractivity contribution in [3.8, 4) is 11.5 Å². The molecule has 0 aliphatic heterocycles. The van der Waals surface area contributed by atoms with Gasteiger partial charge in [-0.2, -0.15) is 4.98 Å². The average molecular weight is 454 g/mol. The molecule has 0 aliphatic carbocycles. The molecule has 176 valence electrons. The van der Waals surface area contributed by atoms with Crippen LogP contribution in [-0.2, 0) is 11.3 Å². The first-order chi connectivity index (χ1) is 15.9. The molecule has 9 heteroatoms. The summed E-state index contributed by atoms with van der Waals surface area (Å²) in [6, 6.07) is 9.17. The van der Waals surface area contributed by atoms with Crippen molar-refractivity contribution in [1.29, 1.82) is 0 Å². The maximum absolute atomic E-state index is 12.1. The molecule has 0 bridgehead atoms. The Kier molecular flexibility index (Phi) is 7.87. The second-order valence-corrected chi connectivity index (χ2v) is 8.02. The number of nitrogens with zero attached hydrogens (tertiary/aromatic N) is 3. The fourth-order valence-electron chi connectivity index (χ4n) is 3.52. The number of methoxy groups -OCH3 is 2. The first kappa shape index (κ1) is 24.0. The minimum absolute atomic E-state index is 0.358. The van der Waals surface area contributed by atoms with E-state index in [-0.39, 0.29) is 0 Å². The number of rotatable bonds is 12. The molecule has 0 saturated carbocycles. The minimum Gasteiger partial charge on any atom is -0.497 e. The number of hydrogen-bond acceptors (Lipinski definition) is 8. The van der Waals surface area contributed by atoms with Crippen LogP contribution in [0.5, 0.6) is 11.5 Å². The minimum atomic E-state index is -1.18. The standard InChI is InChI=1S/C24H31N5O4/c1-5-6-7-12-24(2,22(30)31)29-21-20-18(9-8-13-25-20)27-23(28-21)26-15-16-10-11-17(32-3)14-19(16)33-4/h8-11,13-14H,5-7,12,15H2,1-4H3,(H,30,31)(H2,26,27,28,29). The van der Waals surface area contributed by atoms with Gasteiger partial charge in [0, 0.05) is 24.4 Å². The van der Waals surface area contributed by atoms with Gasteiger partial charge >= 0.3 is 5.97 Å². The molecule has 0 radical (unpaired) electrons. The van der Waals surface area contributed by atoms with E-state index in [1.807, 2.05) is 24.3 Å². The van der Waals surface area contributed by atoms with Crippen LogP contribution in [-0.4, -0.2) is 45.8 Å². The molecule has 0 amide bonds. The van der Waals surface area contributed by atoms with Crippen LogP contribution < -0.4 is 20.1 Å². The second kappa shape index (κ2) is 10.8. The molecule has 1 aromatic carbocycles. The molecule has 3 aromatic rings. The van der Waals surface area contributed by atoms with Gasteiger partial charge < -0.3 is 25.2 Å². The van der Waals surface area contributed by atoms with Gasteiger partial charge in [0.1, 0.15) is 22.6 Å². The number of aromatic nitrogens is 3. The van der Waals surface area contributed by atoms with Gasteiger partial charge in [0.15, 0.2) is 5.82 Å². The van der Waals surface area contributed by atoms with Gasteiger partial charge in [-0.05, 0) is 37.6 Å². The summed E-state index contributed by atoms with van der Waals surface area (Å²) in [5, 5.41) is 16.3. The lowest BCUT2D eigenvalue weighted by Gasteiger charge is -2.27. The molecule has 0 aliphatic rings. The number of pyridine rings is 1. The van der Waals surface area contributed by atoms with Crippen molar-refractivity contribution >= 4 is 28.8 Å². The lowest BCUT2D eigenvalue weighted by atomic mass is 9.94. The van der Waals surface area contributed by atoms with Crippen molar-refractivity contribution in [2.24, 2.45) is 0 Å². The molecule has 3 rings (SSSR count). The van der Waals surface area contributed by atoms with Crippen LogP contribution in [0.25, 0.3) is 11.0 Å². The van der Waals surface area contributed by atoms with Crippen molar-refractivity contribution in [3.05, 3.63) is 42.1 Å². The Morgan fingerprint density at radius 3 is 2.67 bits per heavy atom. The van der Waals surface area contributed by atoms with E-state index < -0.39 is 11.5 Å². The van der Waals surface area contributed by atoms with Gasteiger partial charge in [0.05, 0.1) is 19.7 Å². The van der Waals surface area contributed by atoms with Crippen LogP contribution in [0, 0.1) is 0 Å². The number of anilines is 2. The summed E-state index contributed by atoms with van der Waals surface area (Å²) in [7, 11) is 3.20. The van der Waals surface area contributed by atoms with Crippen molar-refractivity contribution in [2.75, 3.05) is 24.9 Å². The maximum atomic E-state index is 12.1. The van der Waals surface area contributed by atoms with Crippen LogP contribution >= 0.6 is 0 Å². The fourth-order valence-corrected chi connectivity index (χ4v) is 3.52. The predicted octanol–water partition coefficient (Wildman–Crippen LogP) is 4.49. The zero-order valence-corrected chi connectivity index (χ0v) is 19.5. The number of carbonyl (C=O) groups is 1. The Labute approximate surface area is 193 Å². The smallest absolute Gasteiger partial charge is 0.329 e. The fraction of sp³-hybridized carbons (Fsp3) is 0.417. The summed E-state index contributed by atoms with van der Waals surface area (Å²) < 4.78 is 10.7. The van der Waals surface area contributed by atoms with Crippen LogP contribution in [0.1, 0.15) is 45.1 Å². The topological polar surface area (TPSA) is 118 Å². The Bertz CT molecular complexity index is 1110. The van der Waals surface area contributed by atoms with E-state index in [9.17, 15) is 9.90 Å². The van der Waals surface area contributed by atoms with Gasteiger partial charge in [0.25, 0.3) is 0 Å². The Morgan fingerprint density at radius 1 is 1.15 bits per heavy atom. The molecule has 33 heavy (non-hydrogen) atoms. The molecule has 2 heterocycles. The normalized spacial score (nSPS) is 12.7. The van der Waals surface area contributed by atoms with Crippen LogP contribution in [0.3, 0.4) is 0 Å². The number of aliphatic carboxylic acids is 1. The SMILES string of the molecule is CCCCCC(C)(Nc1nc(NCc2ccc(OC)cc2OC)nc2cccnc12)C(=O)O. The van der Waals surface area contributed by atoms with Gasteiger partial charge in [-0.3, -0.25) is 4.98 Å². The third-order valence-corrected chi connectivity index (χ3v) is 5.53. The van der Waals surface area contributed by atoms with Crippen LogP contribution in [0.2, 0.25) is 0 Å². The quantitative estimate of drug-likeness (QED) is 0.341.